The molecule has 2 heterocycles. The van der Waals surface area contributed by atoms with Crippen molar-refractivity contribution in [1.82, 2.24) is 25.0 Å². The summed E-state index contributed by atoms with van der Waals surface area (Å²) in [6, 6.07) is 3.85. The fraction of sp³-hybridized carbons (Fsp3) is 0.500. The van der Waals surface area contributed by atoms with E-state index in [1.54, 1.807) is 11.8 Å². The number of hydrogen-bond donors (Lipinski definition) is 2. The summed E-state index contributed by atoms with van der Waals surface area (Å²) in [4.78, 5) is 0. The molecule has 1 unspecified atom stereocenters. The van der Waals surface area contributed by atoms with Crippen molar-refractivity contribution >= 4 is 0 Å². The Kier molecular flexibility index (Phi) is 3.87. The van der Waals surface area contributed by atoms with Gasteiger partial charge in [0.15, 0.2) is 0 Å². The Bertz CT molecular complexity index is 559. The number of nitrogens with two attached hydrogens (primary N) is 1. The molecule has 3 N–H and O–H groups in total. The SMILES string of the molecule is COc1cc(C(Cc2cc(C)nn2C)NN)nn1C. The predicted octanol–water partition coefficient (Wildman–Crippen LogP) is 0.218. The summed E-state index contributed by atoms with van der Waals surface area (Å²) in [7, 11) is 5.38. The second-order valence-electron chi connectivity index (χ2n) is 4.56. The number of ether oxygens (including phenoxy) is 1. The molecule has 1 atom stereocenters. The second-order valence-corrected chi connectivity index (χ2v) is 4.56. The molecule has 2 aromatic rings. The third-order valence-corrected chi connectivity index (χ3v) is 3.14. The maximum Gasteiger partial charge on any atom is 0.211 e. The quantitative estimate of drug-likeness (QED) is 0.596. The van der Waals surface area contributed by atoms with Crippen LogP contribution in [0.15, 0.2) is 12.1 Å². The van der Waals surface area contributed by atoms with Gasteiger partial charge < -0.3 is 4.74 Å². The van der Waals surface area contributed by atoms with Crippen molar-refractivity contribution in [3.8, 4) is 5.88 Å². The summed E-state index contributed by atoms with van der Waals surface area (Å²) in [5.41, 5.74) is 5.74. The lowest BCUT2D eigenvalue weighted by molar-refractivity contribution is 0.373. The van der Waals surface area contributed by atoms with Gasteiger partial charge >= 0.3 is 0 Å². The van der Waals surface area contributed by atoms with Crippen molar-refractivity contribution in [3.05, 3.63) is 29.2 Å². The summed E-state index contributed by atoms with van der Waals surface area (Å²) >= 11 is 0. The fourth-order valence-electron chi connectivity index (χ4n) is 2.15. The van der Waals surface area contributed by atoms with E-state index in [4.69, 9.17) is 10.6 Å². The molecule has 104 valence electrons. The van der Waals surface area contributed by atoms with Crippen molar-refractivity contribution in [1.29, 1.82) is 0 Å². The van der Waals surface area contributed by atoms with E-state index in [-0.39, 0.29) is 6.04 Å². The smallest absolute Gasteiger partial charge is 0.211 e. The lowest BCUT2D eigenvalue weighted by Crippen LogP contribution is -2.30. The Balaban J connectivity index is 2.22. The zero-order chi connectivity index (χ0) is 14.0. The van der Waals surface area contributed by atoms with Gasteiger partial charge in [-0.3, -0.25) is 16.0 Å². The van der Waals surface area contributed by atoms with E-state index in [1.807, 2.05) is 37.8 Å². The van der Waals surface area contributed by atoms with Crippen LogP contribution in [-0.4, -0.2) is 26.7 Å². The van der Waals surface area contributed by atoms with Crippen LogP contribution in [0.2, 0.25) is 0 Å². The highest BCUT2D eigenvalue weighted by Crippen LogP contribution is 2.21. The molecule has 7 nitrogen and oxygen atoms in total. The van der Waals surface area contributed by atoms with Gasteiger partial charge in [0.05, 0.1) is 24.5 Å². The Morgan fingerprint density at radius 1 is 1.32 bits per heavy atom. The van der Waals surface area contributed by atoms with Crippen LogP contribution in [0, 0.1) is 6.92 Å². The highest BCUT2D eigenvalue weighted by atomic mass is 16.5. The molecule has 0 aliphatic rings. The van der Waals surface area contributed by atoms with Crippen molar-refractivity contribution in [2.24, 2.45) is 19.9 Å². The van der Waals surface area contributed by atoms with Gasteiger partial charge in [0.25, 0.3) is 0 Å². The molecule has 0 radical (unpaired) electrons. The number of methoxy groups -OCH3 is 1. The zero-order valence-electron chi connectivity index (χ0n) is 11.7. The van der Waals surface area contributed by atoms with E-state index in [2.05, 4.69) is 15.6 Å². The van der Waals surface area contributed by atoms with Crippen LogP contribution in [-0.2, 0) is 20.5 Å². The Hall–Kier alpha value is -1.86. The van der Waals surface area contributed by atoms with Crippen LogP contribution in [0.4, 0.5) is 0 Å². The Labute approximate surface area is 112 Å². The third-order valence-electron chi connectivity index (χ3n) is 3.14. The van der Waals surface area contributed by atoms with Gasteiger partial charge in [0.1, 0.15) is 0 Å². The molecule has 0 aromatic carbocycles. The number of hydrazine groups is 1. The monoisotopic (exact) mass is 264 g/mol. The fourth-order valence-corrected chi connectivity index (χ4v) is 2.15. The molecule has 0 bridgehead atoms. The summed E-state index contributed by atoms with van der Waals surface area (Å²) in [6.07, 6.45) is 0.716. The number of rotatable bonds is 5. The average molecular weight is 264 g/mol. The topological polar surface area (TPSA) is 82.9 Å². The molecule has 19 heavy (non-hydrogen) atoms. The molecule has 2 aromatic heterocycles. The number of hydrogen-bond acceptors (Lipinski definition) is 5. The molecule has 0 fully saturated rings. The van der Waals surface area contributed by atoms with Crippen LogP contribution >= 0.6 is 0 Å². The molecule has 2 rings (SSSR count). The number of nitrogens with zero attached hydrogens (tertiary/aromatic N) is 4. The maximum absolute atomic E-state index is 5.64. The molecular formula is C12H20N6O. The predicted molar refractivity (Wildman–Crippen MR) is 71.5 cm³/mol. The maximum atomic E-state index is 5.64. The molecule has 0 aliphatic carbocycles. The van der Waals surface area contributed by atoms with E-state index in [9.17, 15) is 0 Å². The van der Waals surface area contributed by atoms with Crippen LogP contribution in [0.25, 0.3) is 0 Å². The van der Waals surface area contributed by atoms with Gasteiger partial charge in [0.2, 0.25) is 5.88 Å². The summed E-state index contributed by atoms with van der Waals surface area (Å²) < 4.78 is 8.76. The normalized spacial score (nSPS) is 12.7. The number of aryl methyl sites for hydroxylation is 3. The lowest BCUT2D eigenvalue weighted by atomic mass is 10.1. The molecule has 0 saturated heterocycles. The molecule has 0 spiro atoms. The lowest BCUT2D eigenvalue weighted by Gasteiger charge is -2.13. The first-order chi connectivity index (χ1) is 9.05. The largest absolute Gasteiger partial charge is 0.481 e. The van der Waals surface area contributed by atoms with Crippen molar-refractivity contribution in [2.45, 2.75) is 19.4 Å². The Morgan fingerprint density at radius 3 is 2.53 bits per heavy atom. The van der Waals surface area contributed by atoms with Crippen LogP contribution in [0.5, 0.6) is 5.88 Å². The second kappa shape index (κ2) is 5.41. The average Bonchev–Trinajstić information content (AvgIpc) is 2.89. The summed E-state index contributed by atoms with van der Waals surface area (Å²) in [5.74, 6) is 6.35. The van der Waals surface area contributed by atoms with Gasteiger partial charge in [0, 0.05) is 32.3 Å². The van der Waals surface area contributed by atoms with Crippen LogP contribution in [0.3, 0.4) is 0 Å². The van der Waals surface area contributed by atoms with Crippen molar-refractivity contribution in [3.63, 3.8) is 0 Å². The highest BCUT2D eigenvalue weighted by molar-refractivity contribution is 5.21. The number of nitrogens with one attached hydrogen (secondary N) is 1. The molecule has 0 amide bonds. The third kappa shape index (κ3) is 2.77. The van der Waals surface area contributed by atoms with E-state index >= 15 is 0 Å². The Morgan fingerprint density at radius 2 is 2.05 bits per heavy atom. The minimum Gasteiger partial charge on any atom is -0.481 e. The van der Waals surface area contributed by atoms with Gasteiger partial charge in [-0.25, -0.2) is 4.68 Å². The zero-order valence-corrected chi connectivity index (χ0v) is 11.7. The molecule has 7 heteroatoms. The van der Waals surface area contributed by atoms with Gasteiger partial charge in [-0.05, 0) is 13.0 Å². The van der Waals surface area contributed by atoms with Crippen molar-refractivity contribution < 1.29 is 4.74 Å². The molecule has 0 saturated carbocycles. The van der Waals surface area contributed by atoms with E-state index < -0.39 is 0 Å². The standard InChI is InChI=1S/C12H20N6O/c1-8-5-9(17(2)15-8)6-10(14-13)11-7-12(19-4)18(3)16-11/h5,7,10,14H,6,13H2,1-4H3. The van der Waals surface area contributed by atoms with Crippen LogP contribution in [0.1, 0.15) is 23.1 Å². The number of aromatic nitrogens is 4. The van der Waals surface area contributed by atoms with E-state index in [0.717, 1.165) is 17.1 Å². The minimum absolute atomic E-state index is 0.0788. The minimum atomic E-state index is -0.0788. The molecule has 0 aliphatic heterocycles. The molecular weight excluding hydrogens is 244 g/mol. The van der Waals surface area contributed by atoms with Gasteiger partial charge in [-0.1, -0.05) is 0 Å². The first-order valence-electron chi connectivity index (χ1n) is 6.08. The van der Waals surface area contributed by atoms with Gasteiger partial charge in [-0.15, -0.1) is 0 Å². The van der Waals surface area contributed by atoms with E-state index in [0.29, 0.717) is 12.3 Å². The summed E-state index contributed by atoms with van der Waals surface area (Å²) in [5, 5.41) is 8.73. The summed E-state index contributed by atoms with van der Waals surface area (Å²) in [6.45, 7) is 1.97. The van der Waals surface area contributed by atoms with E-state index in [1.165, 1.54) is 0 Å². The van der Waals surface area contributed by atoms with Crippen LogP contribution < -0.4 is 16.0 Å². The van der Waals surface area contributed by atoms with Crippen molar-refractivity contribution in [2.75, 3.05) is 7.11 Å². The first kappa shape index (κ1) is 13.6. The first-order valence-corrected chi connectivity index (χ1v) is 6.08. The van der Waals surface area contributed by atoms with Gasteiger partial charge in [-0.2, -0.15) is 10.2 Å². The highest BCUT2D eigenvalue weighted by Gasteiger charge is 2.18.